The Morgan fingerprint density at radius 3 is 1.62 bits per heavy atom. The van der Waals surface area contributed by atoms with Crippen molar-refractivity contribution in [1.29, 1.82) is 0 Å². The molecule has 1 saturated carbocycles. The summed E-state index contributed by atoms with van der Waals surface area (Å²) in [5, 5.41) is 0. The van der Waals surface area contributed by atoms with Gasteiger partial charge in [0.2, 0.25) is 0 Å². The van der Waals surface area contributed by atoms with E-state index >= 15 is 0 Å². The molecule has 2 aromatic carbocycles. The molecule has 0 heteroatoms. The van der Waals surface area contributed by atoms with Crippen molar-refractivity contribution in [3.8, 4) is 23.7 Å². The molecule has 1 fully saturated rings. The first-order valence-electron chi connectivity index (χ1n) is 8.89. The molecule has 3 rings (SSSR count). The molecule has 0 N–H and O–H groups in total. The van der Waals surface area contributed by atoms with E-state index in [0.717, 1.165) is 28.5 Å². The molecule has 0 unspecified atom stereocenters. The molecule has 0 spiro atoms. The summed E-state index contributed by atoms with van der Waals surface area (Å²) >= 11 is 0. The monoisotopic (exact) mass is 312 g/mol. The van der Waals surface area contributed by atoms with Crippen LogP contribution in [0.5, 0.6) is 0 Å². The van der Waals surface area contributed by atoms with Crippen molar-refractivity contribution in [2.45, 2.75) is 45.4 Å². The van der Waals surface area contributed by atoms with Crippen LogP contribution in [0.2, 0.25) is 0 Å². The minimum Gasteiger partial charge on any atom is -0.101 e. The summed E-state index contributed by atoms with van der Waals surface area (Å²) in [5.41, 5.74) is 4.63. The van der Waals surface area contributed by atoms with Gasteiger partial charge in [-0.05, 0) is 73.6 Å². The van der Waals surface area contributed by atoms with Crippen molar-refractivity contribution >= 4 is 0 Å². The smallest absolute Gasteiger partial charge is 0.0249 e. The van der Waals surface area contributed by atoms with Crippen LogP contribution in [-0.4, -0.2) is 0 Å². The van der Waals surface area contributed by atoms with Crippen molar-refractivity contribution < 1.29 is 0 Å². The normalized spacial score (nSPS) is 19.6. The topological polar surface area (TPSA) is 0 Å². The van der Waals surface area contributed by atoms with Crippen molar-refractivity contribution in [2.24, 2.45) is 5.92 Å². The zero-order valence-electron chi connectivity index (χ0n) is 14.6. The van der Waals surface area contributed by atoms with E-state index in [2.05, 4.69) is 54.9 Å². The van der Waals surface area contributed by atoms with E-state index < -0.39 is 0 Å². The molecule has 1 aliphatic carbocycles. The van der Waals surface area contributed by atoms with E-state index in [-0.39, 0.29) is 0 Å². The van der Waals surface area contributed by atoms with Crippen LogP contribution in [0.25, 0.3) is 0 Å². The first-order chi connectivity index (χ1) is 11.7. The second-order valence-electron chi connectivity index (χ2n) is 6.78. The summed E-state index contributed by atoms with van der Waals surface area (Å²) in [6, 6.07) is 17.0. The van der Waals surface area contributed by atoms with E-state index in [1.165, 1.54) is 31.2 Å². The molecule has 0 saturated heterocycles. The highest BCUT2D eigenvalue weighted by Gasteiger charge is 2.19. The molecule has 0 atom stereocenters. The lowest BCUT2D eigenvalue weighted by Gasteiger charge is -2.26. The molecule has 2 aromatic rings. The molecule has 120 valence electrons. The summed E-state index contributed by atoms with van der Waals surface area (Å²) in [6.45, 7) is 4.22. The lowest BCUT2D eigenvalue weighted by Crippen LogP contribution is -2.10. The van der Waals surface area contributed by atoms with Gasteiger partial charge < -0.3 is 0 Å². The molecule has 0 aliphatic heterocycles. The summed E-state index contributed by atoms with van der Waals surface area (Å²) in [7, 11) is 0. The number of rotatable bonds is 1. The summed E-state index contributed by atoms with van der Waals surface area (Å²) in [6.07, 6.45) is 5.40. The standard InChI is InChI=1S/C24H24/c1-3-4-20-7-9-21(10-8-20)11-12-22-13-17-24(18-14-22)23-15-5-19(2)6-16-23/h7-10,13-14,17-19,23H,5-6,15-16H2,1-2H3. The van der Waals surface area contributed by atoms with E-state index in [1.54, 1.807) is 0 Å². The van der Waals surface area contributed by atoms with Crippen LogP contribution in [0.15, 0.2) is 48.5 Å². The van der Waals surface area contributed by atoms with Gasteiger partial charge in [0.05, 0.1) is 0 Å². The van der Waals surface area contributed by atoms with Crippen molar-refractivity contribution in [1.82, 2.24) is 0 Å². The van der Waals surface area contributed by atoms with Crippen LogP contribution in [0, 0.1) is 29.6 Å². The van der Waals surface area contributed by atoms with E-state index in [9.17, 15) is 0 Å². The third-order valence-electron chi connectivity index (χ3n) is 4.90. The fourth-order valence-corrected chi connectivity index (χ4v) is 3.36. The highest BCUT2D eigenvalue weighted by molar-refractivity contribution is 5.46. The van der Waals surface area contributed by atoms with Crippen LogP contribution in [0.1, 0.15) is 67.7 Å². The second kappa shape index (κ2) is 7.90. The van der Waals surface area contributed by atoms with Crippen molar-refractivity contribution in [3.05, 3.63) is 70.8 Å². The van der Waals surface area contributed by atoms with Gasteiger partial charge in [-0.25, -0.2) is 0 Å². The SMILES string of the molecule is CC#Cc1ccc(C#Cc2ccc(C3CCC(C)CC3)cc2)cc1. The average molecular weight is 312 g/mol. The summed E-state index contributed by atoms with van der Waals surface area (Å²) in [4.78, 5) is 0. The fraction of sp³-hybridized carbons (Fsp3) is 0.333. The molecule has 1 aliphatic rings. The maximum absolute atomic E-state index is 3.26. The van der Waals surface area contributed by atoms with E-state index in [4.69, 9.17) is 0 Å². The summed E-state index contributed by atoms with van der Waals surface area (Å²) in [5.74, 6) is 14.1. The number of hydrogen-bond donors (Lipinski definition) is 0. The predicted molar refractivity (Wildman–Crippen MR) is 102 cm³/mol. The average Bonchev–Trinajstić information content (AvgIpc) is 2.63. The lowest BCUT2D eigenvalue weighted by molar-refractivity contribution is 0.348. The van der Waals surface area contributed by atoms with Gasteiger partial charge in [-0.2, -0.15) is 0 Å². The third-order valence-corrected chi connectivity index (χ3v) is 4.90. The highest BCUT2D eigenvalue weighted by Crippen LogP contribution is 2.35. The Morgan fingerprint density at radius 2 is 1.12 bits per heavy atom. The van der Waals surface area contributed by atoms with E-state index in [0.29, 0.717) is 0 Å². The quantitative estimate of drug-likeness (QED) is 0.588. The summed E-state index contributed by atoms with van der Waals surface area (Å²) < 4.78 is 0. The molecule has 0 radical (unpaired) electrons. The largest absolute Gasteiger partial charge is 0.101 e. The van der Waals surface area contributed by atoms with Crippen LogP contribution >= 0.6 is 0 Å². The molecule has 0 amide bonds. The molecular weight excluding hydrogens is 288 g/mol. The number of hydrogen-bond acceptors (Lipinski definition) is 0. The maximum Gasteiger partial charge on any atom is 0.0249 e. The lowest BCUT2D eigenvalue weighted by atomic mass is 9.79. The zero-order valence-corrected chi connectivity index (χ0v) is 14.6. The molecule has 0 aromatic heterocycles. The minimum atomic E-state index is 0.746. The molecule has 0 heterocycles. The Balaban J connectivity index is 1.67. The zero-order chi connectivity index (χ0) is 16.8. The van der Waals surface area contributed by atoms with Gasteiger partial charge in [0, 0.05) is 16.7 Å². The molecule has 0 nitrogen and oxygen atoms in total. The van der Waals surface area contributed by atoms with Gasteiger partial charge in [-0.1, -0.05) is 49.7 Å². The van der Waals surface area contributed by atoms with Gasteiger partial charge in [0.15, 0.2) is 0 Å². The van der Waals surface area contributed by atoms with Gasteiger partial charge in [0.25, 0.3) is 0 Å². The van der Waals surface area contributed by atoms with Gasteiger partial charge in [-0.3, -0.25) is 0 Å². The number of benzene rings is 2. The first-order valence-corrected chi connectivity index (χ1v) is 8.89. The maximum atomic E-state index is 3.26. The van der Waals surface area contributed by atoms with Crippen LogP contribution < -0.4 is 0 Å². The van der Waals surface area contributed by atoms with Crippen LogP contribution in [-0.2, 0) is 0 Å². The fourth-order valence-electron chi connectivity index (χ4n) is 3.36. The van der Waals surface area contributed by atoms with Gasteiger partial charge in [0.1, 0.15) is 0 Å². The van der Waals surface area contributed by atoms with Gasteiger partial charge >= 0.3 is 0 Å². The highest BCUT2D eigenvalue weighted by atomic mass is 14.2. The third kappa shape index (κ3) is 4.31. The predicted octanol–water partition coefficient (Wildman–Crippen LogP) is 5.75. The Labute approximate surface area is 146 Å². The van der Waals surface area contributed by atoms with Crippen LogP contribution in [0.4, 0.5) is 0 Å². The first kappa shape index (κ1) is 16.4. The Kier molecular flexibility index (Phi) is 5.40. The van der Waals surface area contributed by atoms with Gasteiger partial charge in [-0.15, -0.1) is 5.92 Å². The second-order valence-corrected chi connectivity index (χ2v) is 6.78. The van der Waals surface area contributed by atoms with Crippen LogP contribution in [0.3, 0.4) is 0 Å². The Bertz CT molecular complexity index is 778. The van der Waals surface area contributed by atoms with E-state index in [1.807, 2.05) is 31.2 Å². The molecular formula is C24H24. The Hall–Kier alpha value is -2.44. The van der Waals surface area contributed by atoms with Crippen molar-refractivity contribution in [3.63, 3.8) is 0 Å². The molecule has 24 heavy (non-hydrogen) atoms. The van der Waals surface area contributed by atoms with Crippen molar-refractivity contribution in [2.75, 3.05) is 0 Å². The Morgan fingerprint density at radius 1 is 0.667 bits per heavy atom. The molecule has 0 bridgehead atoms. The minimum absolute atomic E-state index is 0.746.